The van der Waals surface area contributed by atoms with E-state index in [1.807, 2.05) is 0 Å². The van der Waals surface area contributed by atoms with Crippen molar-refractivity contribution in [3.05, 3.63) is 0 Å². The topological polar surface area (TPSA) is 83.8 Å². The predicted octanol–water partition coefficient (Wildman–Crippen LogP) is 2.46. The minimum absolute atomic E-state index is 0.210. The number of carboxylic acid groups (broad SMARTS) is 1. The van der Waals surface area contributed by atoms with Crippen LogP contribution in [0.1, 0.15) is 52.4 Å². The minimum Gasteiger partial charge on any atom is -0.481 e. The second kappa shape index (κ2) is 4.59. The predicted molar refractivity (Wildman–Crippen MR) is 88.4 cm³/mol. The number of cyclic esters (lactones) is 1. The second-order valence-corrected chi connectivity index (χ2v) is 9.95. The number of aliphatic carboxylic acids is 1. The molecule has 1 spiro atoms. The van der Waals surface area contributed by atoms with Gasteiger partial charge in [-0.25, -0.2) is 0 Å². The van der Waals surface area contributed by atoms with Crippen molar-refractivity contribution in [1.29, 1.82) is 0 Å². The Morgan fingerprint density at radius 3 is 2.68 bits per heavy atom. The van der Waals surface area contributed by atoms with E-state index < -0.39 is 23.4 Å². The van der Waals surface area contributed by atoms with Crippen molar-refractivity contribution in [3.63, 3.8) is 0 Å². The molecule has 25 heavy (non-hydrogen) atoms. The summed E-state index contributed by atoms with van der Waals surface area (Å²) in [6.07, 6.45) is 4.73. The summed E-state index contributed by atoms with van der Waals surface area (Å²) in [7, 11) is 0. The maximum Gasteiger partial charge on any atom is 0.314 e. The Kier molecular flexibility index (Phi) is 2.96. The lowest BCUT2D eigenvalue weighted by molar-refractivity contribution is -0.220. The Morgan fingerprint density at radius 1 is 1.20 bits per heavy atom. The smallest absolute Gasteiger partial charge is 0.314 e. The molecule has 5 heteroatoms. The molecule has 9 atom stereocenters. The van der Waals surface area contributed by atoms with E-state index >= 15 is 0 Å². The van der Waals surface area contributed by atoms with Crippen LogP contribution in [0.25, 0.3) is 0 Å². The third-order valence-corrected chi connectivity index (χ3v) is 9.33. The molecule has 4 saturated carbocycles. The third kappa shape index (κ3) is 1.57. The Balaban J connectivity index is 1.75. The summed E-state index contributed by atoms with van der Waals surface area (Å²) >= 11 is 0. The number of fused-ring (bicyclic) bond motifs is 1. The number of carbonyl (C=O) groups is 2. The monoisotopic (exact) mass is 348 g/mol. The molecule has 2 N–H and O–H groups in total. The minimum atomic E-state index is -1.08. The van der Waals surface area contributed by atoms with Gasteiger partial charge >= 0.3 is 11.9 Å². The van der Waals surface area contributed by atoms with Gasteiger partial charge in [0.05, 0.1) is 24.0 Å². The van der Waals surface area contributed by atoms with Gasteiger partial charge in [0, 0.05) is 11.3 Å². The molecule has 4 aliphatic carbocycles. The normalized spacial score (nSPS) is 59.1. The van der Waals surface area contributed by atoms with Crippen molar-refractivity contribution in [3.8, 4) is 0 Å². The highest BCUT2D eigenvalue weighted by Gasteiger charge is 2.79. The number of carbonyl (C=O) groups excluding carboxylic acids is 1. The fourth-order valence-corrected chi connectivity index (χ4v) is 8.54. The maximum atomic E-state index is 12.7. The molecule has 1 saturated heterocycles. The van der Waals surface area contributed by atoms with E-state index in [0.717, 1.165) is 25.7 Å². The van der Waals surface area contributed by atoms with Crippen LogP contribution < -0.4 is 0 Å². The van der Waals surface area contributed by atoms with E-state index in [1.165, 1.54) is 6.42 Å². The number of hydrogen-bond donors (Lipinski definition) is 2. The first-order valence-electron chi connectivity index (χ1n) is 9.85. The van der Waals surface area contributed by atoms with Gasteiger partial charge in [0.15, 0.2) is 0 Å². The van der Waals surface area contributed by atoms with Gasteiger partial charge < -0.3 is 14.9 Å². The van der Waals surface area contributed by atoms with Crippen molar-refractivity contribution in [2.24, 2.45) is 45.8 Å². The molecule has 0 aromatic heterocycles. The molecule has 1 heterocycles. The summed E-state index contributed by atoms with van der Waals surface area (Å²) in [6.45, 7) is 4.40. The van der Waals surface area contributed by atoms with Gasteiger partial charge in [0.1, 0.15) is 0 Å². The van der Waals surface area contributed by atoms with Crippen LogP contribution in [0, 0.1) is 45.8 Å². The first-order valence-corrected chi connectivity index (χ1v) is 9.85. The van der Waals surface area contributed by atoms with Crippen LogP contribution in [-0.4, -0.2) is 34.9 Å². The quantitative estimate of drug-likeness (QED) is 0.711. The Hall–Kier alpha value is -1.10. The van der Waals surface area contributed by atoms with Gasteiger partial charge in [-0.1, -0.05) is 6.92 Å². The standard InChI is InChI=1S/C20H28O5/c1-10-7-20-8-11(10)3-4-12(20)19-6-5-13(21)18(2,17(24)25-9-19)15(19)14(20)16(22)23/h10-15,21H,3-9H2,1-2H3,(H,22,23)/t10-,11+,12?,13-,14+,15+,18-,19-,20-/m0/s1. The van der Waals surface area contributed by atoms with Crippen molar-refractivity contribution in [2.75, 3.05) is 6.61 Å². The molecule has 0 amide bonds. The molecule has 0 radical (unpaired) electrons. The third-order valence-electron chi connectivity index (χ3n) is 9.33. The molecule has 0 aromatic rings. The largest absolute Gasteiger partial charge is 0.481 e. The summed E-state index contributed by atoms with van der Waals surface area (Å²) in [4.78, 5) is 25.3. The van der Waals surface area contributed by atoms with Gasteiger partial charge in [-0.3, -0.25) is 9.59 Å². The van der Waals surface area contributed by atoms with Crippen molar-refractivity contribution in [2.45, 2.75) is 58.5 Å². The van der Waals surface area contributed by atoms with Crippen LogP contribution in [0.3, 0.4) is 0 Å². The first kappa shape index (κ1) is 16.1. The summed E-state index contributed by atoms with van der Waals surface area (Å²) < 4.78 is 5.64. The Labute approximate surface area is 148 Å². The summed E-state index contributed by atoms with van der Waals surface area (Å²) in [5, 5.41) is 21.0. The summed E-state index contributed by atoms with van der Waals surface area (Å²) in [6, 6.07) is 0. The van der Waals surface area contributed by atoms with Crippen LogP contribution in [0.4, 0.5) is 0 Å². The molecular formula is C20H28O5. The molecule has 1 unspecified atom stereocenters. The lowest BCUT2D eigenvalue weighted by atomic mass is 9.50. The number of aliphatic hydroxyl groups is 1. The lowest BCUT2D eigenvalue weighted by Crippen LogP contribution is -2.63. The van der Waals surface area contributed by atoms with Crippen LogP contribution in [0.2, 0.25) is 0 Å². The van der Waals surface area contributed by atoms with Crippen molar-refractivity contribution < 1.29 is 24.5 Å². The SMILES string of the molecule is C[C@H]1C[C@]23C[C@H]1CCC2[C@]12CC[C@H](O)[C@](C)(C(=O)OC1)[C@H]2[C@@H]3C(=O)O. The van der Waals surface area contributed by atoms with Gasteiger partial charge in [-0.2, -0.15) is 0 Å². The molecule has 0 aromatic carbocycles. The Bertz CT molecular complexity index is 656. The van der Waals surface area contributed by atoms with Crippen molar-refractivity contribution in [1.82, 2.24) is 0 Å². The van der Waals surface area contributed by atoms with Gasteiger partial charge in [0.2, 0.25) is 0 Å². The fourth-order valence-electron chi connectivity index (χ4n) is 8.54. The molecule has 4 bridgehead atoms. The second-order valence-electron chi connectivity index (χ2n) is 9.95. The molecule has 138 valence electrons. The molecule has 1 aliphatic heterocycles. The van der Waals surface area contributed by atoms with Gasteiger partial charge in [0.25, 0.3) is 0 Å². The number of esters is 1. The fraction of sp³-hybridized carbons (Fsp3) is 0.900. The highest BCUT2D eigenvalue weighted by atomic mass is 16.5. The van der Waals surface area contributed by atoms with Crippen LogP contribution >= 0.6 is 0 Å². The highest BCUT2D eigenvalue weighted by Crippen LogP contribution is 2.78. The number of carboxylic acids is 1. The van der Waals surface area contributed by atoms with Crippen LogP contribution in [-0.2, 0) is 14.3 Å². The molecule has 5 rings (SSSR count). The molecule has 5 fully saturated rings. The number of rotatable bonds is 1. The molecule has 5 aliphatic rings. The number of hydrogen-bond acceptors (Lipinski definition) is 4. The summed E-state index contributed by atoms with van der Waals surface area (Å²) in [5.41, 5.74) is -1.54. The van der Waals surface area contributed by atoms with E-state index in [-0.39, 0.29) is 22.7 Å². The van der Waals surface area contributed by atoms with E-state index in [9.17, 15) is 19.8 Å². The average Bonchev–Trinajstić information content (AvgIpc) is 2.97. The van der Waals surface area contributed by atoms with Crippen LogP contribution in [0.15, 0.2) is 0 Å². The number of ether oxygens (including phenoxy) is 1. The molecular weight excluding hydrogens is 320 g/mol. The zero-order valence-corrected chi connectivity index (χ0v) is 15.0. The van der Waals surface area contributed by atoms with E-state index in [1.54, 1.807) is 6.92 Å². The lowest BCUT2D eigenvalue weighted by Gasteiger charge is -2.57. The van der Waals surface area contributed by atoms with Crippen molar-refractivity contribution >= 4 is 11.9 Å². The van der Waals surface area contributed by atoms with E-state index in [2.05, 4.69) is 6.92 Å². The highest BCUT2D eigenvalue weighted by molar-refractivity contribution is 5.82. The zero-order valence-electron chi connectivity index (χ0n) is 15.0. The Morgan fingerprint density at radius 2 is 1.96 bits per heavy atom. The van der Waals surface area contributed by atoms with E-state index in [0.29, 0.717) is 30.8 Å². The van der Waals surface area contributed by atoms with E-state index in [4.69, 9.17) is 4.74 Å². The zero-order chi connectivity index (χ0) is 17.8. The first-order chi connectivity index (χ1) is 11.8. The van der Waals surface area contributed by atoms with Gasteiger partial charge in [-0.15, -0.1) is 0 Å². The van der Waals surface area contributed by atoms with Gasteiger partial charge in [-0.05, 0) is 68.6 Å². The summed E-state index contributed by atoms with van der Waals surface area (Å²) in [5.74, 6) is -0.492. The molecule has 5 nitrogen and oxygen atoms in total. The number of aliphatic hydroxyl groups excluding tert-OH is 1. The maximum absolute atomic E-state index is 12.7. The average molecular weight is 348 g/mol. The van der Waals surface area contributed by atoms with Crippen LogP contribution in [0.5, 0.6) is 0 Å².